The fourth-order valence-electron chi connectivity index (χ4n) is 5.34. The van der Waals surface area contributed by atoms with Crippen LogP contribution >= 0.6 is 0 Å². The number of carbonyl (C=O) groups excluding carboxylic acids is 1. The molecule has 12 heteroatoms. The number of benzene rings is 3. The van der Waals surface area contributed by atoms with Gasteiger partial charge >= 0.3 is 0 Å². The molecule has 1 amide bonds. The summed E-state index contributed by atoms with van der Waals surface area (Å²) in [5.41, 5.74) is 6.92. The SMILES string of the molecule is CS(=O)(=O)CCc1cc(F)cc(-c2ccnc3[nH]c(-c4n[nH]c5ccc(-c6cncc(NC(=O)c7ccccc7)c6)cc45)nc23)c1. The number of imidazole rings is 1. The molecule has 0 spiro atoms. The number of carbonyl (C=O) groups is 1. The van der Waals surface area contributed by atoms with E-state index in [9.17, 15) is 17.6 Å². The zero-order valence-corrected chi connectivity index (χ0v) is 25.3. The lowest BCUT2D eigenvalue weighted by Crippen LogP contribution is -2.11. The highest BCUT2D eigenvalue weighted by atomic mass is 32.2. The summed E-state index contributed by atoms with van der Waals surface area (Å²) in [4.78, 5) is 29.5. The Morgan fingerprint density at radius 3 is 2.61 bits per heavy atom. The Hall–Kier alpha value is -5.75. The molecule has 0 aliphatic heterocycles. The third-order valence-corrected chi connectivity index (χ3v) is 8.51. The molecule has 7 rings (SSSR count). The Kier molecular flexibility index (Phi) is 7.33. The second-order valence-corrected chi connectivity index (χ2v) is 13.2. The number of nitrogens with one attached hydrogen (secondary N) is 3. The number of aromatic nitrogens is 6. The maximum Gasteiger partial charge on any atom is 0.255 e. The van der Waals surface area contributed by atoms with E-state index < -0.39 is 15.7 Å². The molecule has 0 fully saturated rings. The first-order chi connectivity index (χ1) is 22.2. The predicted molar refractivity (Wildman–Crippen MR) is 175 cm³/mol. The molecule has 7 aromatic rings. The van der Waals surface area contributed by atoms with Crippen molar-refractivity contribution in [2.75, 3.05) is 17.3 Å². The molecular weight excluding hydrogens is 605 g/mol. The van der Waals surface area contributed by atoms with Crippen LogP contribution in [0.4, 0.5) is 10.1 Å². The molecule has 0 aliphatic carbocycles. The van der Waals surface area contributed by atoms with Gasteiger partial charge in [0.1, 0.15) is 26.9 Å². The van der Waals surface area contributed by atoms with Gasteiger partial charge in [-0.05, 0) is 71.6 Å². The van der Waals surface area contributed by atoms with Gasteiger partial charge in [0.05, 0.1) is 23.2 Å². The van der Waals surface area contributed by atoms with E-state index in [1.807, 2.05) is 42.5 Å². The Morgan fingerprint density at radius 2 is 1.78 bits per heavy atom. The second-order valence-electron chi connectivity index (χ2n) is 11.0. The van der Waals surface area contributed by atoms with Gasteiger partial charge in [0.15, 0.2) is 11.5 Å². The van der Waals surface area contributed by atoms with Crippen LogP contribution in [0, 0.1) is 5.82 Å². The number of H-pyrrole nitrogens is 2. The minimum Gasteiger partial charge on any atom is -0.321 e. The lowest BCUT2D eigenvalue weighted by molar-refractivity contribution is 0.102. The van der Waals surface area contributed by atoms with E-state index in [2.05, 4.69) is 30.5 Å². The Morgan fingerprint density at radius 1 is 0.935 bits per heavy atom. The van der Waals surface area contributed by atoms with Crippen molar-refractivity contribution in [2.45, 2.75) is 6.42 Å². The Balaban J connectivity index is 1.22. The number of hydrogen-bond donors (Lipinski definition) is 3. The predicted octanol–water partition coefficient (Wildman–Crippen LogP) is 6.21. The van der Waals surface area contributed by atoms with E-state index in [4.69, 9.17) is 4.98 Å². The van der Waals surface area contributed by atoms with E-state index in [1.54, 1.807) is 42.9 Å². The highest BCUT2D eigenvalue weighted by Gasteiger charge is 2.18. The number of anilines is 1. The van der Waals surface area contributed by atoms with E-state index in [0.29, 0.717) is 50.6 Å². The van der Waals surface area contributed by atoms with Gasteiger partial charge in [-0.25, -0.2) is 22.8 Å². The van der Waals surface area contributed by atoms with Crippen LogP contribution in [0.5, 0.6) is 0 Å². The highest BCUT2D eigenvalue weighted by molar-refractivity contribution is 7.90. The van der Waals surface area contributed by atoms with Crippen LogP contribution in [0.3, 0.4) is 0 Å². The lowest BCUT2D eigenvalue weighted by Gasteiger charge is -2.08. The summed E-state index contributed by atoms with van der Waals surface area (Å²) in [5.74, 6) is -0.307. The molecule has 46 heavy (non-hydrogen) atoms. The molecule has 0 saturated carbocycles. The second kappa shape index (κ2) is 11.6. The first kappa shape index (κ1) is 29.0. The standard InChI is InChI=1S/C34H26FN7O3S/c1-46(44,45)12-10-20-13-23(15-25(35)14-20)27-9-11-37-32-30(27)39-33(40-32)31-28-17-22(7-8-29(28)41-42-31)24-16-26(19-36-18-24)38-34(43)21-5-3-2-4-6-21/h2-9,11,13-19H,10,12H2,1H3,(H,38,43)(H,41,42)(H,37,39,40). The van der Waals surface area contributed by atoms with Gasteiger partial charge in [-0.3, -0.25) is 14.9 Å². The van der Waals surface area contributed by atoms with Crippen molar-refractivity contribution in [1.29, 1.82) is 0 Å². The smallest absolute Gasteiger partial charge is 0.255 e. The average Bonchev–Trinajstić information content (AvgIpc) is 3.68. The molecule has 3 N–H and O–H groups in total. The lowest BCUT2D eigenvalue weighted by atomic mass is 10.0. The van der Waals surface area contributed by atoms with Crippen LogP contribution in [-0.2, 0) is 16.3 Å². The monoisotopic (exact) mass is 631 g/mol. The van der Waals surface area contributed by atoms with Gasteiger partial charge in [0.2, 0.25) is 0 Å². The van der Waals surface area contributed by atoms with Gasteiger partial charge in [-0.2, -0.15) is 5.10 Å². The molecule has 228 valence electrons. The van der Waals surface area contributed by atoms with Crippen molar-refractivity contribution < 1.29 is 17.6 Å². The van der Waals surface area contributed by atoms with E-state index in [0.717, 1.165) is 28.3 Å². The fraction of sp³-hybridized carbons (Fsp3) is 0.0882. The molecule has 0 atom stereocenters. The number of sulfone groups is 1. The molecule has 4 aromatic heterocycles. The van der Waals surface area contributed by atoms with Crippen molar-refractivity contribution in [1.82, 2.24) is 30.1 Å². The van der Waals surface area contributed by atoms with Gasteiger partial charge in [0.25, 0.3) is 5.91 Å². The largest absolute Gasteiger partial charge is 0.321 e. The highest BCUT2D eigenvalue weighted by Crippen LogP contribution is 2.33. The zero-order valence-electron chi connectivity index (χ0n) is 24.5. The maximum atomic E-state index is 14.6. The third-order valence-electron chi connectivity index (χ3n) is 7.57. The van der Waals surface area contributed by atoms with Gasteiger partial charge < -0.3 is 10.3 Å². The number of halogens is 1. The summed E-state index contributed by atoms with van der Waals surface area (Å²) < 4.78 is 38.0. The summed E-state index contributed by atoms with van der Waals surface area (Å²) in [7, 11) is -3.21. The number of aromatic amines is 2. The normalized spacial score (nSPS) is 11.7. The van der Waals surface area contributed by atoms with Crippen LogP contribution in [0.1, 0.15) is 15.9 Å². The van der Waals surface area contributed by atoms with Crippen molar-refractivity contribution in [2.24, 2.45) is 0 Å². The van der Waals surface area contributed by atoms with Crippen molar-refractivity contribution in [3.05, 3.63) is 114 Å². The number of amides is 1. The molecule has 4 heterocycles. The quantitative estimate of drug-likeness (QED) is 0.181. The van der Waals surface area contributed by atoms with Gasteiger partial charge in [-0.1, -0.05) is 30.3 Å². The van der Waals surface area contributed by atoms with Crippen LogP contribution in [0.15, 0.2) is 97.5 Å². The summed E-state index contributed by atoms with van der Waals surface area (Å²) >= 11 is 0. The van der Waals surface area contributed by atoms with Crippen LogP contribution < -0.4 is 5.32 Å². The summed E-state index contributed by atoms with van der Waals surface area (Å²) in [5, 5.41) is 11.3. The average molecular weight is 632 g/mol. The fourth-order valence-corrected chi connectivity index (χ4v) is 5.95. The first-order valence-corrected chi connectivity index (χ1v) is 16.4. The van der Waals surface area contributed by atoms with Crippen LogP contribution in [0.25, 0.3) is 55.8 Å². The molecule has 0 bridgehead atoms. The number of aryl methyl sites for hydroxylation is 1. The van der Waals surface area contributed by atoms with Crippen molar-refractivity contribution >= 4 is 43.5 Å². The minimum absolute atomic E-state index is 0.0783. The van der Waals surface area contributed by atoms with Gasteiger partial charge in [0, 0.05) is 40.7 Å². The number of fused-ring (bicyclic) bond motifs is 2. The van der Waals surface area contributed by atoms with E-state index in [1.165, 1.54) is 12.1 Å². The summed E-state index contributed by atoms with van der Waals surface area (Å²) in [6, 6.07) is 22.9. The number of pyridine rings is 2. The topological polar surface area (TPSA) is 146 Å². The van der Waals surface area contributed by atoms with Gasteiger partial charge in [-0.15, -0.1) is 0 Å². The van der Waals surface area contributed by atoms with E-state index >= 15 is 0 Å². The molecule has 10 nitrogen and oxygen atoms in total. The van der Waals surface area contributed by atoms with Crippen molar-refractivity contribution in [3.63, 3.8) is 0 Å². The molecule has 0 aliphatic rings. The Bertz CT molecular complexity index is 2370. The number of nitrogens with zero attached hydrogens (tertiary/aromatic N) is 4. The number of hydrogen-bond acceptors (Lipinski definition) is 7. The molecular formula is C34H26FN7O3S. The molecule has 3 aromatic carbocycles. The summed E-state index contributed by atoms with van der Waals surface area (Å²) in [6.07, 6.45) is 6.28. The molecule has 0 unspecified atom stereocenters. The maximum absolute atomic E-state index is 14.6. The zero-order chi connectivity index (χ0) is 31.8. The minimum atomic E-state index is -3.21. The van der Waals surface area contributed by atoms with Crippen LogP contribution in [0.2, 0.25) is 0 Å². The molecule has 0 saturated heterocycles. The molecule has 0 radical (unpaired) electrons. The summed E-state index contributed by atoms with van der Waals surface area (Å²) in [6.45, 7) is 0. The van der Waals surface area contributed by atoms with Crippen molar-refractivity contribution in [3.8, 4) is 33.8 Å². The Labute approximate surface area is 262 Å². The number of rotatable bonds is 8. The van der Waals surface area contributed by atoms with E-state index in [-0.39, 0.29) is 18.1 Å². The van der Waals surface area contributed by atoms with Crippen LogP contribution in [-0.4, -0.2) is 56.5 Å². The third kappa shape index (κ3) is 5.97. The first-order valence-electron chi connectivity index (χ1n) is 14.3.